The zero-order chi connectivity index (χ0) is 20.2. The summed E-state index contributed by atoms with van der Waals surface area (Å²) in [6.07, 6.45) is -1.25. The minimum Gasteiger partial charge on any atom is -0.437 e. The molecule has 12 heteroatoms. The number of alkyl halides is 3. The van der Waals surface area contributed by atoms with E-state index in [2.05, 4.69) is 11.2 Å². The van der Waals surface area contributed by atoms with Crippen molar-refractivity contribution < 1.29 is 54.3 Å². The van der Waals surface area contributed by atoms with E-state index in [0.29, 0.717) is 12.2 Å². The Kier molecular flexibility index (Phi) is 9.17. The minimum atomic E-state index is -4.47. The van der Waals surface area contributed by atoms with Gasteiger partial charge in [-0.25, -0.2) is 19.8 Å². The Morgan fingerprint density at radius 3 is 2.41 bits per heavy atom. The molecule has 2 aromatic heterocycles. The molecule has 0 saturated carbocycles. The van der Waals surface area contributed by atoms with Crippen molar-refractivity contribution in [2.75, 3.05) is 16.6 Å². The summed E-state index contributed by atoms with van der Waals surface area (Å²) in [6, 6.07) is 7.28. The van der Waals surface area contributed by atoms with Crippen LogP contribution in [0.4, 0.5) is 18.9 Å². The van der Waals surface area contributed by atoms with Crippen LogP contribution in [-0.4, -0.2) is 25.7 Å². The molecule has 0 aliphatic carbocycles. The summed E-state index contributed by atoms with van der Waals surface area (Å²) >= 11 is 4.00. The van der Waals surface area contributed by atoms with Gasteiger partial charge in [0.25, 0.3) is 10.0 Å². The number of nitrogens with zero attached hydrogens (tertiary/aromatic N) is 2. The molecule has 0 unspecified atom stereocenters. The molecule has 1 radical (unpaired) electrons. The fourth-order valence-corrected chi connectivity index (χ4v) is 6.49. The van der Waals surface area contributed by atoms with Gasteiger partial charge in [0.05, 0.1) is 11.3 Å². The molecule has 0 N–H and O–H groups in total. The van der Waals surface area contributed by atoms with Gasteiger partial charge in [0.1, 0.15) is 4.21 Å². The third-order valence-electron chi connectivity index (χ3n) is 3.62. The molecule has 29 heavy (non-hydrogen) atoms. The van der Waals surface area contributed by atoms with Crippen molar-refractivity contribution in [2.45, 2.75) is 21.1 Å². The second-order valence-electron chi connectivity index (χ2n) is 5.50. The van der Waals surface area contributed by atoms with E-state index in [1.54, 1.807) is 16.8 Å². The van der Waals surface area contributed by atoms with Gasteiger partial charge in [-0.2, -0.15) is 24.9 Å². The van der Waals surface area contributed by atoms with Crippen molar-refractivity contribution in [1.82, 2.24) is 4.98 Å². The van der Waals surface area contributed by atoms with Crippen molar-refractivity contribution in [3.8, 4) is 0 Å². The number of anilines is 1. The summed E-state index contributed by atoms with van der Waals surface area (Å²) in [5.74, 6) is 0.623. The molecule has 153 valence electrons. The summed E-state index contributed by atoms with van der Waals surface area (Å²) in [5.41, 5.74) is -0.616. The van der Waals surface area contributed by atoms with E-state index < -0.39 is 21.8 Å². The number of thioether (sulfide) groups is 1. The number of rotatable bonds is 8. The maximum Gasteiger partial charge on any atom is 0.416 e. The Morgan fingerprint density at radius 1 is 1.14 bits per heavy atom. The van der Waals surface area contributed by atoms with Crippen LogP contribution in [0, 0.1) is 6.20 Å². The molecular formula is C17H14F3N2O2S4Y-. The topological polar surface area (TPSA) is 50.3 Å². The summed E-state index contributed by atoms with van der Waals surface area (Å²) < 4.78 is 66.6. The quantitative estimate of drug-likeness (QED) is 0.214. The SMILES string of the molecule is O=S(=O)(c1cccs1)N(CCCSc1n[c-]cs1)c1ccc(C(F)(F)F)cc1.[Y]. The molecule has 2 heterocycles. The first-order chi connectivity index (χ1) is 13.3. The van der Waals surface area contributed by atoms with E-state index in [-0.39, 0.29) is 49.2 Å². The van der Waals surface area contributed by atoms with Crippen LogP contribution in [0.25, 0.3) is 0 Å². The first-order valence-corrected chi connectivity index (χ1v) is 12.1. The number of sulfonamides is 1. The van der Waals surface area contributed by atoms with Crippen molar-refractivity contribution in [1.29, 1.82) is 0 Å². The van der Waals surface area contributed by atoms with Crippen LogP contribution >= 0.6 is 34.4 Å². The number of hydrogen-bond acceptors (Lipinski definition) is 6. The first-order valence-electron chi connectivity index (χ1n) is 7.96. The predicted octanol–water partition coefficient (Wildman–Crippen LogP) is 5.40. The average Bonchev–Trinajstić information content (AvgIpc) is 3.35. The zero-order valence-electron chi connectivity index (χ0n) is 14.8. The van der Waals surface area contributed by atoms with E-state index in [9.17, 15) is 21.6 Å². The van der Waals surface area contributed by atoms with Gasteiger partial charge in [0.15, 0.2) is 0 Å². The van der Waals surface area contributed by atoms with Gasteiger partial charge in [-0.15, -0.1) is 17.5 Å². The van der Waals surface area contributed by atoms with Gasteiger partial charge in [-0.1, -0.05) is 11.4 Å². The van der Waals surface area contributed by atoms with Crippen LogP contribution in [0.3, 0.4) is 0 Å². The number of hydrogen-bond donors (Lipinski definition) is 0. The molecule has 0 atom stereocenters. The monoisotopic (exact) mass is 552 g/mol. The van der Waals surface area contributed by atoms with Gasteiger partial charge >= 0.3 is 6.18 Å². The third-order valence-corrected chi connectivity index (χ3v) is 8.81. The predicted molar refractivity (Wildman–Crippen MR) is 107 cm³/mol. The summed E-state index contributed by atoms with van der Waals surface area (Å²) in [7, 11) is -3.85. The Hall–Kier alpha value is -0.456. The molecule has 3 rings (SSSR count). The third kappa shape index (κ3) is 6.51. The van der Waals surface area contributed by atoms with Gasteiger partial charge in [-0.05, 0) is 52.2 Å². The summed E-state index contributed by atoms with van der Waals surface area (Å²) in [5, 5.41) is 3.38. The molecule has 0 amide bonds. The second-order valence-corrected chi connectivity index (χ2v) is 10.7. The van der Waals surface area contributed by atoms with E-state index in [4.69, 9.17) is 0 Å². The van der Waals surface area contributed by atoms with Crippen molar-refractivity contribution in [2.24, 2.45) is 0 Å². The number of thiophene rings is 1. The molecule has 4 nitrogen and oxygen atoms in total. The Morgan fingerprint density at radius 2 is 1.86 bits per heavy atom. The average molecular weight is 552 g/mol. The molecule has 1 aromatic carbocycles. The standard InChI is InChI=1S/C17H14F3N2O2S4.Y/c18-17(19,20)13-4-6-14(7-5-13)22(28(23,24)15-3-1-10-25-15)9-2-11-26-16-21-8-12-27-16;/h1,3-7,10,12H,2,9,11H2;/q-1;. The molecule has 0 fully saturated rings. The Bertz CT molecular complexity index is 977. The fraction of sp³-hybridized carbons (Fsp3) is 0.235. The van der Waals surface area contributed by atoms with E-state index in [1.807, 2.05) is 0 Å². The van der Waals surface area contributed by atoms with Crippen LogP contribution < -0.4 is 4.31 Å². The molecule has 3 aromatic rings. The Labute approximate surface area is 204 Å². The van der Waals surface area contributed by atoms with Gasteiger partial charge in [-0.3, -0.25) is 4.31 Å². The van der Waals surface area contributed by atoms with E-state index in [0.717, 1.165) is 32.1 Å². The largest absolute Gasteiger partial charge is 0.437 e. The summed E-state index contributed by atoms with van der Waals surface area (Å²) in [4.78, 5) is 4.03. The van der Waals surface area contributed by atoms with Crippen LogP contribution in [0.1, 0.15) is 12.0 Å². The minimum absolute atomic E-state index is 0. The summed E-state index contributed by atoms with van der Waals surface area (Å²) in [6.45, 7) is 0.147. The maximum absolute atomic E-state index is 13.0. The van der Waals surface area contributed by atoms with Crippen molar-refractivity contribution in [3.05, 3.63) is 58.9 Å². The molecular weight excluding hydrogens is 538 g/mol. The first kappa shape index (κ1) is 24.8. The molecule has 0 aliphatic rings. The maximum atomic E-state index is 13.0. The number of aromatic nitrogens is 1. The van der Waals surface area contributed by atoms with E-state index in [1.165, 1.54) is 41.3 Å². The molecule has 0 bridgehead atoms. The van der Waals surface area contributed by atoms with E-state index >= 15 is 0 Å². The van der Waals surface area contributed by atoms with Gasteiger partial charge in [0.2, 0.25) is 0 Å². The number of benzene rings is 1. The van der Waals surface area contributed by atoms with Crippen molar-refractivity contribution in [3.63, 3.8) is 0 Å². The fourth-order valence-electron chi connectivity index (χ4n) is 2.34. The smallest absolute Gasteiger partial charge is 0.416 e. The molecule has 0 aliphatic heterocycles. The Balaban J connectivity index is 0.00000300. The van der Waals surface area contributed by atoms with Crippen molar-refractivity contribution >= 4 is 50.1 Å². The van der Waals surface area contributed by atoms with Crippen LogP contribution in [0.5, 0.6) is 0 Å². The van der Waals surface area contributed by atoms with Gasteiger partial charge in [0, 0.05) is 39.3 Å². The van der Waals surface area contributed by atoms with Crippen LogP contribution in [-0.2, 0) is 48.9 Å². The molecule has 0 spiro atoms. The van der Waals surface area contributed by atoms with Crippen LogP contribution in [0.2, 0.25) is 0 Å². The van der Waals surface area contributed by atoms with Crippen LogP contribution in [0.15, 0.2) is 55.7 Å². The van der Waals surface area contributed by atoms with Gasteiger partial charge < -0.3 is 4.98 Å². The zero-order valence-corrected chi connectivity index (χ0v) is 20.9. The molecule has 0 saturated heterocycles. The normalized spacial score (nSPS) is 11.8. The number of thiazole rings is 1. The second kappa shape index (κ2) is 10.7. The number of halogens is 3.